The third-order valence-electron chi connectivity index (χ3n) is 4.24. The van der Waals surface area contributed by atoms with E-state index < -0.39 is 20.5 Å². The number of halogens is 2. The molecule has 0 aromatic heterocycles. The van der Waals surface area contributed by atoms with Crippen molar-refractivity contribution < 1.29 is 13.2 Å². The number of benzene rings is 2. The topological polar surface area (TPSA) is 51.2 Å². The van der Waals surface area contributed by atoms with E-state index in [-0.39, 0.29) is 22.1 Å². The Kier molecular flexibility index (Phi) is 6.21. The molecule has 0 aliphatic heterocycles. The molecule has 0 aliphatic carbocycles. The Balaban J connectivity index is 2.59. The highest BCUT2D eigenvalue weighted by molar-refractivity contribution is 7.91. The summed E-state index contributed by atoms with van der Waals surface area (Å²) in [5, 5.41) is -0.422. The SMILES string of the molecule is Cc1ccc(S(=O)(=O)C(CC(=O)C(C)(C)C)c2ccc(Cl)cc2Cl)cc1. The number of Topliss-reactive ketones (excluding diaryl/α,β-unsaturated/α-hetero) is 1. The van der Waals surface area contributed by atoms with Gasteiger partial charge in [-0.25, -0.2) is 8.42 Å². The predicted octanol–water partition coefficient (Wildman–Crippen LogP) is 5.82. The van der Waals surface area contributed by atoms with Gasteiger partial charge in [0.15, 0.2) is 9.84 Å². The molecule has 140 valence electrons. The van der Waals surface area contributed by atoms with Crippen LogP contribution in [0.2, 0.25) is 10.0 Å². The summed E-state index contributed by atoms with van der Waals surface area (Å²) in [5.41, 5.74) is 0.685. The standard InChI is InChI=1S/C20H22Cl2O3S/c1-13-5-8-15(9-6-13)26(24,25)18(12-19(23)20(2,3)4)16-10-7-14(21)11-17(16)22/h5-11,18H,12H2,1-4H3. The normalized spacial score (nSPS) is 13.5. The minimum atomic E-state index is -3.81. The fourth-order valence-corrected chi connectivity index (χ4v) is 4.88. The summed E-state index contributed by atoms with van der Waals surface area (Å²) in [7, 11) is -3.81. The summed E-state index contributed by atoms with van der Waals surface area (Å²) in [5.74, 6) is -0.149. The summed E-state index contributed by atoms with van der Waals surface area (Å²) in [6.07, 6.45) is -0.152. The number of hydrogen-bond donors (Lipinski definition) is 0. The maximum atomic E-state index is 13.3. The Bertz CT molecular complexity index is 911. The van der Waals surface area contributed by atoms with Crippen LogP contribution in [-0.2, 0) is 14.6 Å². The van der Waals surface area contributed by atoms with Gasteiger partial charge in [-0.2, -0.15) is 0 Å². The molecule has 2 aromatic carbocycles. The van der Waals surface area contributed by atoms with Gasteiger partial charge in [0, 0.05) is 21.9 Å². The van der Waals surface area contributed by atoms with Gasteiger partial charge < -0.3 is 0 Å². The Hall–Kier alpha value is -1.36. The molecular weight excluding hydrogens is 391 g/mol. The van der Waals surface area contributed by atoms with Gasteiger partial charge in [-0.15, -0.1) is 0 Å². The zero-order valence-electron chi connectivity index (χ0n) is 15.2. The second kappa shape index (κ2) is 7.71. The number of aryl methyl sites for hydroxylation is 1. The van der Waals surface area contributed by atoms with Crippen molar-refractivity contribution in [1.29, 1.82) is 0 Å². The average Bonchev–Trinajstić information content (AvgIpc) is 2.52. The summed E-state index contributed by atoms with van der Waals surface area (Å²) in [6, 6.07) is 11.3. The number of carbonyl (C=O) groups is 1. The summed E-state index contributed by atoms with van der Waals surface area (Å²) in [4.78, 5) is 12.8. The number of carbonyl (C=O) groups excluding carboxylic acids is 1. The van der Waals surface area contributed by atoms with E-state index in [4.69, 9.17) is 23.2 Å². The predicted molar refractivity (Wildman–Crippen MR) is 107 cm³/mol. The van der Waals surface area contributed by atoms with Crippen LogP contribution in [0, 0.1) is 12.3 Å². The highest BCUT2D eigenvalue weighted by Crippen LogP contribution is 2.38. The molecule has 0 fully saturated rings. The number of ketones is 1. The minimum Gasteiger partial charge on any atom is -0.299 e. The van der Waals surface area contributed by atoms with Crippen molar-refractivity contribution in [3.63, 3.8) is 0 Å². The number of rotatable bonds is 5. The lowest BCUT2D eigenvalue weighted by Gasteiger charge is -2.23. The van der Waals surface area contributed by atoms with Crippen molar-refractivity contribution in [2.75, 3.05) is 0 Å². The molecule has 26 heavy (non-hydrogen) atoms. The molecule has 2 rings (SSSR count). The van der Waals surface area contributed by atoms with Gasteiger partial charge in [-0.3, -0.25) is 4.79 Å². The van der Waals surface area contributed by atoms with Crippen LogP contribution in [0.15, 0.2) is 47.4 Å². The monoisotopic (exact) mass is 412 g/mol. The van der Waals surface area contributed by atoms with Crippen LogP contribution in [0.1, 0.15) is 43.6 Å². The molecule has 0 aliphatic rings. The molecule has 0 N–H and O–H groups in total. The quantitative estimate of drug-likeness (QED) is 0.621. The zero-order chi connectivity index (χ0) is 19.7. The lowest BCUT2D eigenvalue weighted by atomic mass is 9.87. The van der Waals surface area contributed by atoms with Gasteiger partial charge in [0.05, 0.1) is 10.1 Å². The number of hydrogen-bond acceptors (Lipinski definition) is 3. The summed E-state index contributed by atoms with van der Waals surface area (Å²) < 4.78 is 26.6. The molecule has 3 nitrogen and oxygen atoms in total. The van der Waals surface area contributed by atoms with Crippen LogP contribution in [0.3, 0.4) is 0 Å². The van der Waals surface area contributed by atoms with Crippen LogP contribution in [0.25, 0.3) is 0 Å². The van der Waals surface area contributed by atoms with Crippen molar-refractivity contribution in [2.45, 2.75) is 44.3 Å². The molecule has 0 bridgehead atoms. The van der Waals surface area contributed by atoms with Crippen molar-refractivity contribution in [3.05, 3.63) is 63.6 Å². The molecule has 0 heterocycles. The molecule has 1 atom stereocenters. The van der Waals surface area contributed by atoms with Crippen LogP contribution < -0.4 is 0 Å². The van der Waals surface area contributed by atoms with Crippen molar-refractivity contribution in [2.24, 2.45) is 5.41 Å². The molecular formula is C20H22Cl2O3S. The molecule has 0 spiro atoms. The fourth-order valence-electron chi connectivity index (χ4n) is 2.52. The van der Waals surface area contributed by atoms with Crippen molar-refractivity contribution >= 4 is 38.8 Å². The first kappa shape index (κ1) is 20.9. The second-order valence-electron chi connectivity index (χ2n) is 7.39. The first-order valence-corrected chi connectivity index (χ1v) is 10.5. The van der Waals surface area contributed by atoms with E-state index >= 15 is 0 Å². The third kappa shape index (κ3) is 4.67. The summed E-state index contributed by atoms with van der Waals surface area (Å²) >= 11 is 12.2. The van der Waals surface area contributed by atoms with Gasteiger partial charge in [0.2, 0.25) is 0 Å². The molecule has 0 saturated heterocycles. The largest absolute Gasteiger partial charge is 0.299 e. The van der Waals surface area contributed by atoms with Gasteiger partial charge in [-0.1, -0.05) is 67.7 Å². The van der Waals surface area contributed by atoms with Crippen molar-refractivity contribution in [1.82, 2.24) is 0 Å². The maximum absolute atomic E-state index is 13.3. The van der Waals surface area contributed by atoms with E-state index in [0.29, 0.717) is 10.6 Å². The van der Waals surface area contributed by atoms with E-state index in [9.17, 15) is 13.2 Å². The molecule has 2 aromatic rings. The fraction of sp³-hybridized carbons (Fsp3) is 0.350. The highest BCUT2D eigenvalue weighted by Gasteiger charge is 2.35. The Morgan fingerprint density at radius 1 is 1.04 bits per heavy atom. The molecule has 6 heteroatoms. The van der Waals surface area contributed by atoms with Gasteiger partial charge in [-0.05, 0) is 36.8 Å². The van der Waals surface area contributed by atoms with E-state index in [2.05, 4.69) is 0 Å². The first-order valence-electron chi connectivity index (χ1n) is 8.22. The Morgan fingerprint density at radius 2 is 1.62 bits per heavy atom. The number of sulfone groups is 1. The Morgan fingerprint density at radius 3 is 2.12 bits per heavy atom. The van der Waals surface area contributed by atoms with E-state index in [1.165, 1.54) is 6.07 Å². The minimum absolute atomic E-state index is 0.149. The molecule has 0 amide bonds. The first-order chi connectivity index (χ1) is 11.9. The van der Waals surface area contributed by atoms with Gasteiger partial charge in [0.25, 0.3) is 0 Å². The molecule has 0 saturated carbocycles. The van der Waals surface area contributed by atoms with Crippen LogP contribution in [0.4, 0.5) is 0 Å². The van der Waals surface area contributed by atoms with E-state index in [1.54, 1.807) is 57.2 Å². The van der Waals surface area contributed by atoms with Crippen molar-refractivity contribution in [3.8, 4) is 0 Å². The Labute approximate surface area is 165 Å². The smallest absolute Gasteiger partial charge is 0.185 e. The van der Waals surface area contributed by atoms with E-state index in [1.807, 2.05) is 6.92 Å². The van der Waals surface area contributed by atoms with Crippen LogP contribution >= 0.6 is 23.2 Å². The highest BCUT2D eigenvalue weighted by atomic mass is 35.5. The van der Waals surface area contributed by atoms with Crippen LogP contribution in [0.5, 0.6) is 0 Å². The van der Waals surface area contributed by atoms with Crippen LogP contribution in [-0.4, -0.2) is 14.2 Å². The van der Waals surface area contributed by atoms with Gasteiger partial charge >= 0.3 is 0 Å². The summed E-state index contributed by atoms with van der Waals surface area (Å²) in [6.45, 7) is 7.20. The molecule has 0 radical (unpaired) electrons. The average molecular weight is 413 g/mol. The maximum Gasteiger partial charge on any atom is 0.185 e. The molecule has 1 unspecified atom stereocenters. The third-order valence-corrected chi connectivity index (χ3v) is 6.90. The van der Waals surface area contributed by atoms with E-state index in [0.717, 1.165) is 5.56 Å². The zero-order valence-corrected chi connectivity index (χ0v) is 17.5. The van der Waals surface area contributed by atoms with Gasteiger partial charge in [0.1, 0.15) is 5.78 Å². The lowest BCUT2D eigenvalue weighted by molar-refractivity contribution is -0.126. The second-order valence-corrected chi connectivity index (χ2v) is 10.4. The lowest BCUT2D eigenvalue weighted by Crippen LogP contribution is -2.26.